The van der Waals surface area contributed by atoms with Gasteiger partial charge in [0.1, 0.15) is 6.29 Å². The van der Waals surface area contributed by atoms with E-state index in [0.29, 0.717) is 0 Å². The third kappa shape index (κ3) is 5.24. The largest absolute Gasteiger partial charge is 0.303 e. The summed E-state index contributed by atoms with van der Waals surface area (Å²) < 4.78 is 0. The molecule has 0 heterocycles. The normalized spacial score (nSPS) is 35.6. The Kier molecular flexibility index (Phi) is 7.17. The van der Waals surface area contributed by atoms with Crippen LogP contribution in [0.1, 0.15) is 103 Å². The number of hydrogen-bond acceptors (Lipinski definition) is 1. The third-order valence-electron chi connectivity index (χ3n) is 7.39. The van der Waals surface area contributed by atoms with E-state index in [9.17, 15) is 4.79 Å². The summed E-state index contributed by atoms with van der Waals surface area (Å²) in [6.45, 7) is 4.49. The summed E-state index contributed by atoms with van der Waals surface area (Å²) in [5, 5.41) is 0. The second-order valence-electron chi connectivity index (χ2n) is 10.1. The fourth-order valence-electron chi connectivity index (χ4n) is 6.54. The molecular weight excluding hydrogens is 328 g/mol. The van der Waals surface area contributed by atoms with Crippen LogP contribution in [0.3, 0.4) is 0 Å². The van der Waals surface area contributed by atoms with Gasteiger partial charge in [0.25, 0.3) is 0 Å². The van der Waals surface area contributed by atoms with Gasteiger partial charge in [-0.15, -0.1) is 0 Å². The summed E-state index contributed by atoms with van der Waals surface area (Å²) in [4.78, 5) is 11.7. The molecule has 1 aromatic rings. The summed E-state index contributed by atoms with van der Waals surface area (Å²) in [6, 6.07) is 11.0. The molecule has 3 fully saturated rings. The SMILES string of the molecule is C1CCCCC1.CCC[C@H]1CC2CC(C)(C=O)CC(c3ccccc3)(C2)C1. The molecule has 0 spiro atoms. The van der Waals surface area contributed by atoms with Gasteiger partial charge in [-0.05, 0) is 54.9 Å². The van der Waals surface area contributed by atoms with Crippen LogP contribution in [0.25, 0.3) is 0 Å². The van der Waals surface area contributed by atoms with Gasteiger partial charge < -0.3 is 4.79 Å². The summed E-state index contributed by atoms with van der Waals surface area (Å²) in [5.74, 6) is 1.59. The van der Waals surface area contributed by atoms with E-state index in [-0.39, 0.29) is 10.8 Å². The van der Waals surface area contributed by atoms with E-state index >= 15 is 0 Å². The standard InChI is InChI=1S/C20H28O.C6H12/c1-3-7-16-10-17-11-19(2,15-21)14-20(12-16,13-17)18-8-5-4-6-9-18;1-2-4-6-5-3-1/h4-6,8-9,15-17H,3,7,10-14H2,1-2H3;1-6H2/t16-,17?,19?,20?;/m0./s1. The van der Waals surface area contributed by atoms with Gasteiger partial charge in [-0.3, -0.25) is 0 Å². The Morgan fingerprint density at radius 2 is 1.59 bits per heavy atom. The second-order valence-corrected chi connectivity index (χ2v) is 10.1. The lowest BCUT2D eigenvalue weighted by molar-refractivity contribution is -0.121. The number of fused-ring (bicyclic) bond motifs is 2. The molecule has 3 aliphatic rings. The van der Waals surface area contributed by atoms with E-state index in [1.807, 2.05) is 0 Å². The Morgan fingerprint density at radius 3 is 2.15 bits per heavy atom. The van der Waals surface area contributed by atoms with Crippen LogP contribution in [0.4, 0.5) is 0 Å². The molecule has 0 amide bonds. The summed E-state index contributed by atoms with van der Waals surface area (Å²) in [6.07, 6.45) is 18.9. The Hall–Kier alpha value is -1.11. The number of rotatable bonds is 4. The van der Waals surface area contributed by atoms with E-state index < -0.39 is 0 Å². The Labute approximate surface area is 167 Å². The molecule has 3 saturated carbocycles. The van der Waals surface area contributed by atoms with Crippen molar-refractivity contribution in [2.45, 2.75) is 103 Å². The summed E-state index contributed by atoms with van der Waals surface area (Å²) >= 11 is 0. The third-order valence-corrected chi connectivity index (χ3v) is 7.39. The Morgan fingerprint density at radius 1 is 0.963 bits per heavy atom. The molecule has 1 heteroatoms. The first-order chi connectivity index (χ1) is 13.1. The number of benzene rings is 1. The molecule has 0 radical (unpaired) electrons. The van der Waals surface area contributed by atoms with Crippen molar-refractivity contribution in [2.24, 2.45) is 17.3 Å². The van der Waals surface area contributed by atoms with Crippen molar-refractivity contribution < 1.29 is 4.79 Å². The van der Waals surface area contributed by atoms with Crippen molar-refractivity contribution in [1.29, 1.82) is 0 Å². The molecule has 27 heavy (non-hydrogen) atoms. The molecule has 3 unspecified atom stereocenters. The molecular formula is C26H40O. The number of carbonyl (C=O) groups is 1. The average molecular weight is 369 g/mol. The van der Waals surface area contributed by atoms with Crippen molar-refractivity contribution in [3.05, 3.63) is 35.9 Å². The van der Waals surface area contributed by atoms with Gasteiger partial charge in [-0.2, -0.15) is 0 Å². The van der Waals surface area contributed by atoms with Crippen molar-refractivity contribution in [2.75, 3.05) is 0 Å². The average Bonchev–Trinajstić information content (AvgIpc) is 2.70. The van der Waals surface area contributed by atoms with Crippen LogP contribution in [-0.2, 0) is 10.2 Å². The Balaban J connectivity index is 0.000000299. The lowest BCUT2D eigenvalue weighted by Gasteiger charge is -2.54. The lowest BCUT2D eigenvalue weighted by atomic mass is 9.50. The molecule has 4 atom stereocenters. The van der Waals surface area contributed by atoms with Crippen LogP contribution < -0.4 is 0 Å². The van der Waals surface area contributed by atoms with E-state index in [1.54, 1.807) is 0 Å². The highest BCUT2D eigenvalue weighted by atomic mass is 16.1. The smallest absolute Gasteiger partial charge is 0.125 e. The Bertz CT molecular complexity index is 564. The highest BCUT2D eigenvalue weighted by Crippen LogP contribution is 2.57. The van der Waals surface area contributed by atoms with Gasteiger partial charge in [0.2, 0.25) is 0 Å². The minimum absolute atomic E-state index is 0.115. The predicted molar refractivity (Wildman–Crippen MR) is 115 cm³/mol. The molecule has 3 aliphatic carbocycles. The van der Waals surface area contributed by atoms with Crippen molar-refractivity contribution in [3.63, 3.8) is 0 Å². The first-order valence-electron chi connectivity index (χ1n) is 11.6. The van der Waals surface area contributed by atoms with Gasteiger partial charge in [0.15, 0.2) is 0 Å². The maximum atomic E-state index is 11.7. The van der Waals surface area contributed by atoms with Gasteiger partial charge in [0, 0.05) is 5.41 Å². The van der Waals surface area contributed by atoms with Crippen LogP contribution in [0.2, 0.25) is 0 Å². The van der Waals surface area contributed by atoms with Gasteiger partial charge in [-0.25, -0.2) is 0 Å². The minimum Gasteiger partial charge on any atom is -0.303 e. The lowest BCUT2D eigenvalue weighted by Crippen LogP contribution is -2.47. The quantitative estimate of drug-likeness (QED) is 0.503. The highest BCUT2D eigenvalue weighted by molar-refractivity contribution is 5.60. The van der Waals surface area contributed by atoms with Gasteiger partial charge >= 0.3 is 0 Å². The molecule has 1 aromatic carbocycles. The van der Waals surface area contributed by atoms with E-state index in [2.05, 4.69) is 44.2 Å². The zero-order valence-electron chi connectivity index (χ0n) is 17.7. The monoisotopic (exact) mass is 368 g/mol. The first kappa shape index (κ1) is 20.6. The van der Waals surface area contributed by atoms with Gasteiger partial charge in [0.05, 0.1) is 0 Å². The molecule has 0 saturated heterocycles. The van der Waals surface area contributed by atoms with Crippen molar-refractivity contribution >= 4 is 6.29 Å². The zero-order chi connectivity index (χ0) is 19.2. The highest BCUT2D eigenvalue weighted by Gasteiger charge is 2.50. The molecule has 0 aliphatic heterocycles. The number of carbonyl (C=O) groups excluding carboxylic acids is 1. The fraction of sp³-hybridized carbons (Fsp3) is 0.731. The van der Waals surface area contributed by atoms with Crippen LogP contribution >= 0.6 is 0 Å². The second kappa shape index (κ2) is 9.39. The molecule has 150 valence electrons. The summed E-state index contributed by atoms with van der Waals surface area (Å²) in [7, 11) is 0. The molecule has 4 rings (SSSR count). The van der Waals surface area contributed by atoms with Crippen LogP contribution in [0, 0.1) is 17.3 Å². The molecule has 2 bridgehead atoms. The van der Waals surface area contributed by atoms with Crippen LogP contribution in [0.5, 0.6) is 0 Å². The number of hydrogen-bond donors (Lipinski definition) is 0. The topological polar surface area (TPSA) is 17.1 Å². The molecule has 0 N–H and O–H groups in total. The minimum atomic E-state index is -0.115. The van der Waals surface area contributed by atoms with E-state index in [1.165, 1.54) is 82.5 Å². The first-order valence-corrected chi connectivity index (χ1v) is 11.6. The zero-order valence-corrected chi connectivity index (χ0v) is 17.7. The number of aldehydes is 1. The van der Waals surface area contributed by atoms with Crippen molar-refractivity contribution in [1.82, 2.24) is 0 Å². The molecule has 0 aromatic heterocycles. The summed E-state index contributed by atoms with van der Waals surface area (Å²) in [5.41, 5.74) is 1.61. The predicted octanol–water partition coefficient (Wildman–Crippen LogP) is 7.48. The van der Waals surface area contributed by atoms with Crippen molar-refractivity contribution in [3.8, 4) is 0 Å². The van der Waals surface area contributed by atoms with E-state index in [4.69, 9.17) is 0 Å². The van der Waals surface area contributed by atoms with E-state index in [0.717, 1.165) is 24.7 Å². The van der Waals surface area contributed by atoms with Crippen LogP contribution in [-0.4, -0.2) is 6.29 Å². The van der Waals surface area contributed by atoms with Crippen LogP contribution in [0.15, 0.2) is 30.3 Å². The fourth-order valence-corrected chi connectivity index (χ4v) is 6.54. The maximum Gasteiger partial charge on any atom is 0.125 e. The maximum absolute atomic E-state index is 11.7. The van der Waals surface area contributed by atoms with Gasteiger partial charge in [-0.1, -0.05) is 95.5 Å². The molecule has 1 nitrogen and oxygen atoms in total.